The van der Waals surface area contributed by atoms with Gasteiger partial charge in [-0.25, -0.2) is 0 Å². The molecule has 0 bridgehead atoms. The number of aliphatic hydroxyl groups is 1. The first-order chi connectivity index (χ1) is 13.5. The van der Waals surface area contributed by atoms with E-state index in [1.807, 2.05) is 31.2 Å². The van der Waals surface area contributed by atoms with Crippen LogP contribution in [0.1, 0.15) is 11.3 Å². The Bertz CT molecular complexity index is 771. The Kier molecular flexibility index (Phi) is 7.02. The van der Waals surface area contributed by atoms with Crippen molar-refractivity contribution in [2.24, 2.45) is 0 Å². The van der Waals surface area contributed by atoms with Gasteiger partial charge in [-0.3, -0.25) is 14.6 Å². The molecule has 1 aromatic heterocycles. The zero-order valence-electron chi connectivity index (χ0n) is 16.4. The lowest BCUT2D eigenvalue weighted by Crippen LogP contribution is -2.50. The van der Waals surface area contributed by atoms with Gasteiger partial charge in [-0.2, -0.15) is 0 Å². The van der Waals surface area contributed by atoms with Crippen molar-refractivity contribution in [3.05, 3.63) is 41.7 Å². The highest BCUT2D eigenvalue weighted by Gasteiger charge is 2.21. The first kappa shape index (κ1) is 20.3. The zero-order valence-corrected chi connectivity index (χ0v) is 16.4. The molecule has 0 radical (unpaired) electrons. The molecule has 3 rings (SSSR count). The average Bonchev–Trinajstić information content (AvgIpc) is 3.07. The number of hydrogen-bond acceptors (Lipinski definition) is 7. The second kappa shape index (κ2) is 9.68. The Morgan fingerprint density at radius 2 is 1.96 bits per heavy atom. The van der Waals surface area contributed by atoms with Gasteiger partial charge in [-0.1, -0.05) is 23.4 Å². The largest absolute Gasteiger partial charge is 0.491 e. The monoisotopic (exact) mass is 388 g/mol. The van der Waals surface area contributed by atoms with Crippen molar-refractivity contribution in [1.29, 1.82) is 0 Å². The Balaban J connectivity index is 1.34. The third-order valence-corrected chi connectivity index (χ3v) is 4.72. The number of aliphatic hydroxyl groups excluding tert-OH is 1. The Hall–Kier alpha value is -2.42. The predicted octanol–water partition coefficient (Wildman–Crippen LogP) is 1.29. The van der Waals surface area contributed by atoms with Gasteiger partial charge >= 0.3 is 0 Å². The quantitative estimate of drug-likeness (QED) is 0.704. The van der Waals surface area contributed by atoms with Gasteiger partial charge in [0.1, 0.15) is 24.2 Å². The third kappa shape index (κ3) is 6.05. The van der Waals surface area contributed by atoms with Gasteiger partial charge in [0.15, 0.2) is 5.82 Å². The number of carbonyl (C=O) groups excluding carboxylic acids is 1. The maximum Gasteiger partial charge on any atom is 0.239 e. The van der Waals surface area contributed by atoms with Crippen molar-refractivity contribution in [2.75, 3.05) is 51.2 Å². The van der Waals surface area contributed by atoms with Gasteiger partial charge in [-0.05, 0) is 25.5 Å². The molecule has 1 aromatic carbocycles. The summed E-state index contributed by atoms with van der Waals surface area (Å²) in [4.78, 5) is 16.4. The van der Waals surface area contributed by atoms with E-state index in [0.717, 1.165) is 37.5 Å². The highest BCUT2D eigenvalue weighted by molar-refractivity contribution is 5.91. The Morgan fingerprint density at radius 1 is 1.25 bits per heavy atom. The molecular weight excluding hydrogens is 360 g/mol. The number of aryl methyl sites for hydroxylation is 2. The minimum Gasteiger partial charge on any atom is -0.491 e. The first-order valence-corrected chi connectivity index (χ1v) is 9.54. The van der Waals surface area contributed by atoms with E-state index in [0.29, 0.717) is 24.7 Å². The van der Waals surface area contributed by atoms with Crippen LogP contribution < -0.4 is 10.1 Å². The minimum absolute atomic E-state index is 0.103. The van der Waals surface area contributed by atoms with E-state index in [-0.39, 0.29) is 12.5 Å². The van der Waals surface area contributed by atoms with Crippen LogP contribution in [0.25, 0.3) is 0 Å². The van der Waals surface area contributed by atoms with Crippen molar-refractivity contribution in [2.45, 2.75) is 20.0 Å². The lowest BCUT2D eigenvalue weighted by atomic mass is 10.2. The molecule has 0 spiro atoms. The van der Waals surface area contributed by atoms with Gasteiger partial charge in [0.25, 0.3) is 0 Å². The molecule has 1 atom stereocenters. The van der Waals surface area contributed by atoms with Crippen LogP contribution in [0.2, 0.25) is 0 Å². The van der Waals surface area contributed by atoms with E-state index in [1.165, 1.54) is 0 Å². The molecule has 1 saturated heterocycles. The SMILES string of the molecule is Cc1cc(NC(=O)CN2CCN(CC(O)COc3ccccc3C)CC2)no1. The topological polar surface area (TPSA) is 91.1 Å². The predicted molar refractivity (Wildman–Crippen MR) is 105 cm³/mol. The summed E-state index contributed by atoms with van der Waals surface area (Å²) >= 11 is 0. The number of ether oxygens (including phenoxy) is 1. The van der Waals surface area contributed by atoms with Crippen molar-refractivity contribution < 1.29 is 19.2 Å². The summed E-state index contributed by atoms with van der Waals surface area (Å²) in [6.45, 7) is 8.07. The van der Waals surface area contributed by atoms with Crippen molar-refractivity contribution >= 4 is 11.7 Å². The van der Waals surface area contributed by atoms with Crippen LogP contribution in [-0.4, -0.2) is 77.9 Å². The van der Waals surface area contributed by atoms with Gasteiger partial charge in [-0.15, -0.1) is 0 Å². The standard InChI is InChI=1S/C20H28N4O4/c1-15-5-3-4-6-18(15)27-14-17(25)12-23-7-9-24(10-8-23)13-20(26)21-19-11-16(2)28-22-19/h3-6,11,17,25H,7-10,12-14H2,1-2H3,(H,21,22,26). The van der Waals surface area contributed by atoms with E-state index in [2.05, 4.69) is 20.3 Å². The van der Waals surface area contributed by atoms with Crippen LogP contribution in [0.4, 0.5) is 5.82 Å². The molecule has 0 saturated carbocycles. The summed E-state index contributed by atoms with van der Waals surface area (Å²) in [5.74, 6) is 1.81. The molecule has 28 heavy (non-hydrogen) atoms. The molecular formula is C20H28N4O4. The lowest BCUT2D eigenvalue weighted by molar-refractivity contribution is -0.117. The molecule has 1 aliphatic heterocycles. The molecule has 2 heterocycles. The summed E-state index contributed by atoms with van der Waals surface area (Å²) in [6, 6.07) is 9.47. The maximum absolute atomic E-state index is 12.1. The molecule has 0 aliphatic carbocycles. The number of rotatable bonds is 8. The van der Waals surface area contributed by atoms with Crippen LogP contribution in [0, 0.1) is 13.8 Å². The van der Waals surface area contributed by atoms with Gasteiger partial charge in [0, 0.05) is 38.8 Å². The van der Waals surface area contributed by atoms with Crippen molar-refractivity contribution in [1.82, 2.24) is 15.0 Å². The zero-order chi connectivity index (χ0) is 19.9. The normalized spacial score (nSPS) is 16.7. The fourth-order valence-electron chi connectivity index (χ4n) is 3.20. The number of para-hydroxylation sites is 1. The number of piperazine rings is 1. The van der Waals surface area contributed by atoms with E-state index < -0.39 is 6.10 Å². The van der Waals surface area contributed by atoms with Gasteiger partial charge in [0.05, 0.1) is 6.54 Å². The fourth-order valence-corrected chi connectivity index (χ4v) is 3.20. The second-order valence-electron chi connectivity index (χ2n) is 7.18. The summed E-state index contributed by atoms with van der Waals surface area (Å²) < 4.78 is 10.7. The van der Waals surface area contributed by atoms with E-state index in [4.69, 9.17) is 9.26 Å². The van der Waals surface area contributed by atoms with E-state index in [1.54, 1.807) is 13.0 Å². The number of amides is 1. The smallest absolute Gasteiger partial charge is 0.239 e. The van der Waals surface area contributed by atoms with Gasteiger partial charge < -0.3 is 19.7 Å². The fraction of sp³-hybridized carbons (Fsp3) is 0.500. The number of carbonyl (C=O) groups is 1. The third-order valence-electron chi connectivity index (χ3n) is 4.72. The number of aromatic nitrogens is 1. The molecule has 2 aromatic rings. The molecule has 152 valence electrons. The number of nitrogens with zero attached hydrogens (tertiary/aromatic N) is 3. The summed E-state index contributed by atoms with van der Waals surface area (Å²) in [6.07, 6.45) is -0.551. The number of hydrogen-bond donors (Lipinski definition) is 2. The summed E-state index contributed by atoms with van der Waals surface area (Å²) in [7, 11) is 0. The molecule has 1 fully saturated rings. The highest BCUT2D eigenvalue weighted by Crippen LogP contribution is 2.16. The summed E-state index contributed by atoms with van der Waals surface area (Å²) in [5, 5.41) is 16.8. The Morgan fingerprint density at radius 3 is 2.64 bits per heavy atom. The molecule has 8 nitrogen and oxygen atoms in total. The summed E-state index contributed by atoms with van der Waals surface area (Å²) in [5.41, 5.74) is 1.06. The molecule has 2 N–H and O–H groups in total. The number of β-amino-alcohol motifs (C(OH)–C–C–N with tert-alkyl or cyclic N) is 1. The van der Waals surface area contributed by atoms with Crippen LogP contribution in [0.15, 0.2) is 34.9 Å². The van der Waals surface area contributed by atoms with E-state index >= 15 is 0 Å². The average molecular weight is 388 g/mol. The molecule has 1 unspecified atom stereocenters. The first-order valence-electron chi connectivity index (χ1n) is 9.54. The maximum atomic E-state index is 12.1. The number of anilines is 1. The minimum atomic E-state index is -0.551. The van der Waals surface area contributed by atoms with E-state index in [9.17, 15) is 9.90 Å². The highest BCUT2D eigenvalue weighted by atomic mass is 16.5. The van der Waals surface area contributed by atoms with Crippen molar-refractivity contribution in [3.8, 4) is 5.75 Å². The van der Waals surface area contributed by atoms with Crippen LogP contribution >= 0.6 is 0 Å². The van der Waals surface area contributed by atoms with Crippen LogP contribution in [0.3, 0.4) is 0 Å². The lowest BCUT2D eigenvalue weighted by Gasteiger charge is -2.35. The second-order valence-corrected chi connectivity index (χ2v) is 7.18. The molecule has 1 aliphatic rings. The molecule has 1 amide bonds. The number of benzene rings is 1. The number of nitrogens with one attached hydrogen (secondary N) is 1. The van der Waals surface area contributed by atoms with Gasteiger partial charge in [0.2, 0.25) is 5.91 Å². The van der Waals surface area contributed by atoms with Crippen LogP contribution in [-0.2, 0) is 4.79 Å². The molecule has 8 heteroatoms. The van der Waals surface area contributed by atoms with Crippen molar-refractivity contribution in [3.63, 3.8) is 0 Å². The van der Waals surface area contributed by atoms with Crippen LogP contribution in [0.5, 0.6) is 5.75 Å². The Labute approximate surface area is 165 Å².